The first-order valence-corrected chi connectivity index (χ1v) is 8.24. The first-order chi connectivity index (χ1) is 12.2. The zero-order chi connectivity index (χ0) is 19.1. The summed E-state index contributed by atoms with van der Waals surface area (Å²) in [5, 5.41) is 2.60. The van der Waals surface area contributed by atoms with Crippen LogP contribution in [0.5, 0.6) is 5.75 Å². The molecule has 7 nitrogen and oxygen atoms in total. The predicted molar refractivity (Wildman–Crippen MR) is 98.9 cm³/mol. The molecule has 0 bridgehead atoms. The number of fused-ring (bicyclic) bond motifs is 1. The molecular formula is C19H21N3O4. The van der Waals surface area contributed by atoms with E-state index in [2.05, 4.69) is 10.3 Å². The average Bonchev–Trinajstić information content (AvgIpc) is 2.55. The number of nitrogens with one attached hydrogen (secondary N) is 2. The van der Waals surface area contributed by atoms with Gasteiger partial charge in [-0.25, -0.2) is 0 Å². The smallest absolute Gasteiger partial charge is 0.261 e. The van der Waals surface area contributed by atoms with Crippen molar-refractivity contribution < 1.29 is 14.3 Å². The molecule has 1 aliphatic carbocycles. The van der Waals surface area contributed by atoms with E-state index in [1.54, 1.807) is 18.2 Å². The molecule has 0 unspecified atom stereocenters. The summed E-state index contributed by atoms with van der Waals surface area (Å²) in [4.78, 5) is 40.0. The fourth-order valence-corrected chi connectivity index (χ4v) is 3.16. The van der Waals surface area contributed by atoms with Crippen molar-refractivity contribution in [3.05, 3.63) is 51.4 Å². The highest BCUT2D eigenvalue weighted by Crippen LogP contribution is 2.33. The molecule has 3 rings (SSSR count). The van der Waals surface area contributed by atoms with Crippen molar-refractivity contribution in [3.63, 3.8) is 0 Å². The Balaban J connectivity index is 1.95. The SMILES string of the molecule is COc1ccc(N)c(NC(=O)c2cc3c([nH]c2=O)CC(C)(C)CC3=O)c1. The van der Waals surface area contributed by atoms with Gasteiger partial charge in [0.2, 0.25) is 0 Å². The van der Waals surface area contributed by atoms with E-state index < -0.39 is 11.5 Å². The second-order valence-electron chi connectivity index (χ2n) is 7.25. The number of nitrogens with two attached hydrogens (primary N) is 1. The van der Waals surface area contributed by atoms with Gasteiger partial charge in [-0.2, -0.15) is 0 Å². The summed E-state index contributed by atoms with van der Waals surface area (Å²) in [5.41, 5.74) is 6.63. The molecule has 0 aliphatic heterocycles. The van der Waals surface area contributed by atoms with Gasteiger partial charge in [0, 0.05) is 23.7 Å². The zero-order valence-electron chi connectivity index (χ0n) is 14.9. The van der Waals surface area contributed by atoms with Crippen LogP contribution < -0.4 is 21.3 Å². The topological polar surface area (TPSA) is 114 Å². The Labute approximate surface area is 150 Å². The molecule has 136 valence electrons. The lowest BCUT2D eigenvalue weighted by molar-refractivity contribution is 0.0910. The number of carbonyl (C=O) groups is 2. The van der Waals surface area contributed by atoms with Gasteiger partial charge in [0.15, 0.2) is 5.78 Å². The predicted octanol–water partition coefficient (Wildman–Crippen LogP) is 2.37. The van der Waals surface area contributed by atoms with Gasteiger partial charge in [-0.1, -0.05) is 13.8 Å². The number of pyridine rings is 1. The standard InChI is InChI=1S/C19H21N3O4/c1-19(2)8-15-11(16(23)9-19)7-12(18(25)22-15)17(24)21-14-6-10(26-3)4-5-13(14)20/h4-7H,8-9,20H2,1-3H3,(H,21,24)(H,22,25). The van der Waals surface area contributed by atoms with Gasteiger partial charge in [-0.15, -0.1) is 0 Å². The first-order valence-electron chi connectivity index (χ1n) is 8.24. The molecule has 0 fully saturated rings. The molecule has 0 spiro atoms. The maximum absolute atomic E-state index is 12.6. The molecule has 1 aliphatic rings. The van der Waals surface area contributed by atoms with Crippen LogP contribution in [-0.2, 0) is 6.42 Å². The third-order valence-corrected chi connectivity index (χ3v) is 4.47. The Morgan fingerprint density at radius 2 is 1.96 bits per heavy atom. The van der Waals surface area contributed by atoms with E-state index in [9.17, 15) is 14.4 Å². The number of H-pyrrole nitrogens is 1. The second-order valence-corrected chi connectivity index (χ2v) is 7.25. The molecule has 1 aromatic carbocycles. The van der Waals surface area contributed by atoms with Gasteiger partial charge in [0.1, 0.15) is 11.3 Å². The number of hydrogen-bond acceptors (Lipinski definition) is 5. The Kier molecular flexibility index (Phi) is 4.31. The molecular weight excluding hydrogens is 334 g/mol. The molecule has 26 heavy (non-hydrogen) atoms. The number of methoxy groups -OCH3 is 1. The summed E-state index contributed by atoms with van der Waals surface area (Å²) in [7, 11) is 1.50. The van der Waals surface area contributed by atoms with Crippen LogP contribution in [-0.4, -0.2) is 23.8 Å². The fraction of sp³-hybridized carbons (Fsp3) is 0.316. The number of ether oxygens (including phenoxy) is 1. The molecule has 0 saturated heterocycles. The molecule has 2 aromatic rings. The lowest BCUT2D eigenvalue weighted by Gasteiger charge is -2.29. The maximum Gasteiger partial charge on any atom is 0.261 e. The van der Waals surface area contributed by atoms with Gasteiger partial charge in [-0.3, -0.25) is 14.4 Å². The highest BCUT2D eigenvalue weighted by molar-refractivity contribution is 6.07. The summed E-state index contributed by atoms with van der Waals surface area (Å²) in [6.07, 6.45) is 0.948. The molecule has 0 atom stereocenters. The number of nitrogen functional groups attached to an aromatic ring is 1. The fourth-order valence-electron chi connectivity index (χ4n) is 3.16. The van der Waals surface area contributed by atoms with Crippen LogP contribution in [0.15, 0.2) is 29.1 Å². The number of ketones is 1. The van der Waals surface area contributed by atoms with Crippen molar-refractivity contribution in [2.45, 2.75) is 26.7 Å². The summed E-state index contributed by atoms with van der Waals surface area (Å²) >= 11 is 0. The second kappa shape index (κ2) is 6.33. The molecule has 0 saturated carbocycles. The van der Waals surface area contributed by atoms with Crippen molar-refractivity contribution in [3.8, 4) is 5.75 Å². The zero-order valence-corrected chi connectivity index (χ0v) is 14.9. The van der Waals surface area contributed by atoms with Gasteiger partial charge in [-0.05, 0) is 30.0 Å². The quantitative estimate of drug-likeness (QED) is 0.731. The van der Waals surface area contributed by atoms with Crippen molar-refractivity contribution in [2.24, 2.45) is 5.41 Å². The molecule has 4 N–H and O–H groups in total. The number of aromatic amines is 1. The molecule has 1 aromatic heterocycles. The van der Waals surface area contributed by atoms with Crippen LogP contribution in [0.25, 0.3) is 0 Å². The van der Waals surface area contributed by atoms with Crippen LogP contribution in [0.1, 0.15) is 46.7 Å². The number of aromatic nitrogens is 1. The van der Waals surface area contributed by atoms with Crippen molar-refractivity contribution in [2.75, 3.05) is 18.2 Å². The van der Waals surface area contributed by atoms with Crippen molar-refractivity contribution in [1.29, 1.82) is 0 Å². The Bertz CT molecular complexity index is 960. The highest BCUT2D eigenvalue weighted by atomic mass is 16.5. The van der Waals surface area contributed by atoms with Crippen LogP contribution in [0.3, 0.4) is 0 Å². The van der Waals surface area contributed by atoms with Crippen LogP contribution in [0, 0.1) is 5.41 Å². The van der Waals surface area contributed by atoms with E-state index in [4.69, 9.17) is 10.5 Å². The number of anilines is 2. The molecule has 7 heteroatoms. The third kappa shape index (κ3) is 3.33. The number of amides is 1. The van der Waals surface area contributed by atoms with Crippen LogP contribution in [0.2, 0.25) is 0 Å². The lowest BCUT2D eigenvalue weighted by Crippen LogP contribution is -2.32. The lowest BCUT2D eigenvalue weighted by atomic mass is 9.75. The first kappa shape index (κ1) is 17.7. The summed E-state index contributed by atoms with van der Waals surface area (Å²) < 4.78 is 5.11. The average molecular weight is 355 g/mol. The van der Waals surface area contributed by atoms with Crippen molar-refractivity contribution in [1.82, 2.24) is 4.98 Å². The van der Waals surface area contributed by atoms with Gasteiger partial charge in [0.05, 0.1) is 18.5 Å². The summed E-state index contributed by atoms with van der Waals surface area (Å²) in [6.45, 7) is 3.94. The molecule has 1 heterocycles. The van der Waals surface area contributed by atoms with E-state index in [1.807, 2.05) is 13.8 Å². The minimum Gasteiger partial charge on any atom is -0.497 e. The Morgan fingerprint density at radius 3 is 2.65 bits per heavy atom. The minimum atomic E-state index is -0.633. The number of carbonyl (C=O) groups excluding carboxylic acids is 2. The van der Waals surface area contributed by atoms with Crippen molar-refractivity contribution >= 4 is 23.1 Å². The number of hydrogen-bond donors (Lipinski definition) is 3. The largest absolute Gasteiger partial charge is 0.497 e. The Morgan fingerprint density at radius 1 is 1.23 bits per heavy atom. The monoisotopic (exact) mass is 355 g/mol. The van der Waals surface area contributed by atoms with Crippen LogP contribution in [0.4, 0.5) is 11.4 Å². The number of rotatable bonds is 3. The van der Waals surface area contributed by atoms with Gasteiger partial charge in [0.25, 0.3) is 11.5 Å². The van der Waals surface area contributed by atoms with Gasteiger partial charge < -0.3 is 20.8 Å². The maximum atomic E-state index is 12.6. The highest BCUT2D eigenvalue weighted by Gasteiger charge is 2.32. The normalized spacial score (nSPS) is 15.3. The number of benzene rings is 1. The molecule has 0 radical (unpaired) electrons. The summed E-state index contributed by atoms with van der Waals surface area (Å²) in [5.74, 6) is -0.194. The summed E-state index contributed by atoms with van der Waals surface area (Å²) in [6, 6.07) is 6.19. The molecule has 1 amide bonds. The number of Topliss-reactive ketones (excluding diaryl/α,β-unsaturated/α-hetero) is 1. The van der Waals surface area contributed by atoms with E-state index >= 15 is 0 Å². The Hall–Kier alpha value is -3.09. The van der Waals surface area contributed by atoms with Crippen LogP contribution >= 0.6 is 0 Å². The van der Waals surface area contributed by atoms with E-state index in [1.165, 1.54) is 13.2 Å². The third-order valence-electron chi connectivity index (χ3n) is 4.47. The van der Waals surface area contributed by atoms with E-state index in [0.29, 0.717) is 41.2 Å². The van der Waals surface area contributed by atoms with E-state index in [0.717, 1.165) is 0 Å². The minimum absolute atomic E-state index is 0.0811. The van der Waals surface area contributed by atoms with Gasteiger partial charge >= 0.3 is 0 Å². The van der Waals surface area contributed by atoms with E-state index in [-0.39, 0.29) is 16.8 Å².